The molecule has 19 nitrogen and oxygen atoms in total. The minimum absolute atomic E-state index is 0.0416. The predicted octanol–water partition coefficient (Wildman–Crippen LogP) is -3.23. The molecule has 1 aromatic carbocycles. The van der Waals surface area contributed by atoms with Crippen molar-refractivity contribution in [2.75, 3.05) is 33.2 Å². The van der Waals surface area contributed by atoms with Gasteiger partial charge in [-0.1, -0.05) is 78.8 Å². The molecular formula is C36H66N11O8P3. The van der Waals surface area contributed by atoms with Gasteiger partial charge < -0.3 is 62.7 Å². The molecule has 13 atom stereocenters. The zero-order valence-electron chi connectivity index (χ0n) is 33.8. The largest absolute Gasteiger partial charge is 0.391 e. The maximum atomic E-state index is 14.2. The summed E-state index contributed by atoms with van der Waals surface area (Å²) in [6.45, 7) is 5.88. The second kappa shape index (κ2) is 27.7. The number of hydrogen-bond acceptors (Lipinski definition) is 13. The Morgan fingerprint density at radius 2 is 1.26 bits per heavy atom. The van der Waals surface area contributed by atoms with E-state index in [9.17, 15) is 39.0 Å². The third-order valence-electron chi connectivity index (χ3n) is 9.95. The number of hydrogen-bond donors (Lipinski definition) is 13. The van der Waals surface area contributed by atoms with Crippen molar-refractivity contribution in [3.05, 3.63) is 35.9 Å². The first kappa shape index (κ1) is 51.2. The van der Waals surface area contributed by atoms with Crippen LogP contribution in [0.25, 0.3) is 0 Å². The molecule has 58 heavy (non-hydrogen) atoms. The van der Waals surface area contributed by atoms with Crippen LogP contribution in [-0.4, -0.2) is 134 Å². The van der Waals surface area contributed by atoms with Crippen LogP contribution in [-0.2, 0) is 35.2 Å². The van der Waals surface area contributed by atoms with Crippen LogP contribution < -0.4 is 57.8 Å². The van der Waals surface area contributed by atoms with Crippen molar-refractivity contribution in [3.63, 3.8) is 0 Å². The monoisotopic (exact) mass is 873 g/mol. The van der Waals surface area contributed by atoms with Crippen molar-refractivity contribution < 1.29 is 39.0 Å². The molecule has 0 saturated carbocycles. The van der Waals surface area contributed by atoms with Gasteiger partial charge in [0.2, 0.25) is 35.4 Å². The lowest BCUT2D eigenvalue weighted by Gasteiger charge is -2.32. The van der Waals surface area contributed by atoms with Gasteiger partial charge in [-0.25, -0.2) is 0 Å². The molecule has 1 aromatic rings. The zero-order valence-corrected chi connectivity index (χ0v) is 37.3. The molecule has 1 saturated heterocycles. The fraction of sp³-hybridized carbons (Fsp3) is 0.667. The second-order valence-corrected chi connectivity index (χ2v) is 15.6. The first-order chi connectivity index (χ1) is 27.7. The molecule has 0 aliphatic carbocycles. The Morgan fingerprint density at radius 3 is 1.84 bits per heavy atom. The Balaban J connectivity index is 2.65. The lowest BCUT2D eigenvalue weighted by molar-refractivity contribution is -0.135. The predicted molar refractivity (Wildman–Crippen MR) is 231 cm³/mol. The lowest BCUT2D eigenvalue weighted by Crippen LogP contribution is -2.62. The van der Waals surface area contributed by atoms with E-state index in [1.807, 2.05) is 25.1 Å². The number of likely N-dealkylation sites (N-methyl/N-ethyl adjacent to an activating group) is 1. The molecular weight excluding hydrogens is 807 g/mol. The number of amides is 6. The van der Waals surface area contributed by atoms with Crippen LogP contribution >= 0.6 is 28.2 Å². The minimum Gasteiger partial charge on any atom is -0.391 e. The molecule has 6 amide bonds. The summed E-state index contributed by atoms with van der Waals surface area (Å²) >= 11 is 0. The molecule has 328 valence electrons. The Morgan fingerprint density at radius 1 is 0.707 bits per heavy atom. The number of carbonyl (C=O) groups is 6. The fourth-order valence-electron chi connectivity index (χ4n) is 6.23. The maximum Gasteiger partial charge on any atom is 0.245 e. The molecule has 0 aromatic heterocycles. The summed E-state index contributed by atoms with van der Waals surface area (Å²) in [6, 6.07) is 1.35. The maximum absolute atomic E-state index is 14.2. The molecule has 0 radical (unpaired) electrons. The van der Waals surface area contributed by atoms with Crippen molar-refractivity contribution in [1.82, 2.24) is 57.8 Å². The standard InChI is InChI=1S/C36H66N11O8P3/c1-5-20(2)28-36(55)44-25(13-17-40-57)31(50)43-26(14-18-41-58)33(52)47-29(21(3)48)35(54)38-15-11-23(37-4)30(49)42-24(12-16-39-56)32(51)45-27(34(53)46-28)19-22-9-7-6-8-10-22/h6-10,20-21,23-29,31,37,39-41,43,48,50H,5,11-19,56-58H2,1-4H3,(H,38,54)(H,42,49)(H,44,55)(H,45,51)(H,46,53)(H,47,52). The molecule has 1 fully saturated rings. The van der Waals surface area contributed by atoms with E-state index in [1.165, 1.54) is 6.92 Å². The summed E-state index contributed by atoms with van der Waals surface area (Å²) in [5.74, 6) is -4.21. The van der Waals surface area contributed by atoms with Crippen molar-refractivity contribution in [2.24, 2.45) is 5.92 Å². The average Bonchev–Trinajstić information content (AvgIpc) is 3.20. The van der Waals surface area contributed by atoms with Crippen LogP contribution in [0.2, 0.25) is 0 Å². The molecule has 1 heterocycles. The van der Waals surface area contributed by atoms with Crippen LogP contribution in [0.4, 0.5) is 0 Å². The Bertz CT molecular complexity index is 1450. The van der Waals surface area contributed by atoms with Gasteiger partial charge in [-0.2, -0.15) is 0 Å². The highest BCUT2D eigenvalue weighted by Gasteiger charge is 2.36. The van der Waals surface area contributed by atoms with Gasteiger partial charge in [-0.05, 0) is 51.1 Å². The molecule has 1 aliphatic rings. The summed E-state index contributed by atoms with van der Waals surface area (Å²) in [7, 11) is 8.56. The topological polar surface area (TPSA) is 275 Å². The summed E-state index contributed by atoms with van der Waals surface area (Å²) in [5.41, 5.74) is 0.738. The summed E-state index contributed by atoms with van der Waals surface area (Å²) in [6.07, 6.45) is -1.70. The van der Waals surface area contributed by atoms with Crippen LogP contribution in [0, 0.1) is 5.92 Å². The number of rotatable bonds is 15. The van der Waals surface area contributed by atoms with Gasteiger partial charge in [0.05, 0.1) is 24.2 Å². The van der Waals surface area contributed by atoms with E-state index in [2.05, 4.69) is 86.0 Å². The van der Waals surface area contributed by atoms with Gasteiger partial charge in [0.25, 0.3) is 0 Å². The molecule has 0 bridgehead atoms. The summed E-state index contributed by atoms with van der Waals surface area (Å²) < 4.78 is 0. The van der Waals surface area contributed by atoms with Gasteiger partial charge in [-0.3, -0.25) is 34.1 Å². The van der Waals surface area contributed by atoms with Gasteiger partial charge in [-0.15, -0.1) is 0 Å². The van der Waals surface area contributed by atoms with Crippen molar-refractivity contribution >= 4 is 63.6 Å². The van der Waals surface area contributed by atoms with Crippen LogP contribution in [0.1, 0.15) is 58.4 Å². The quantitative estimate of drug-likeness (QED) is 0.0775. The third-order valence-corrected chi connectivity index (χ3v) is 10.8. The average molecular weight is 874 g/mol. The second-order valence-electron chi connectivity index (χ2n) is 14.3. The van der Waals surface area contributed by atoms with Crippen molar-refractivity contribution in [1.29, 1.82) is 0 Å². The number of aliphatic hydroxyl groups excluding tert-OH is 2. The first-order valence-electron chi connectivity index (χ1n) is 19.6. The van der Waals surface area contributed by atoms with Crippen LogP contribution in [0.5, 0.6) is 0 Å². The van der Waals surface area contributed by atoms with E-state index in [1.54, 1.807) is 26.1 Å². The summed E-state index contributed by atoms with van der Waals surface area (Å²) in [4.78, 5) is 82.8. The highest BCUT2D eigenvalue weighted by Crippen LogP contribution is 2.13. The molecule has 13 N–H and O–H groups in total. The zero-order chi connectivity index (χ0) is 43.2. The number of aliphatic hydroxyl groups is 2. The number of benzene rings is 1. The van der Waals surface area contributed by atoms with Gasteiger partial charge in [0.1, 0.15) is 30.4 Å². The number of nitrogens with one attached hydrogen (secondary N) is 11. The molecule has 0 spiro atoms. The molecule has 13 unspecified atom stereocenters. The van der Waals surface area contributed by atoms with E-state index in [0.717, 1.165) is 5.56 Å². The van der Waals surface area contributed by atoms with Gasteiger partial charge in [0, 0.05) is 32.6 Å². The summed E-state index contributed by atoms with van der Waals surface area (Å²) in [5, 5.41) is 53.0. The van der Waals surface area contributed by atoms with Crippen molar-refractivity contribution in [2.45, 2.75) is 114 Å². The lowest BCUT2D eigenvalue weighted by atomic mass is 9.96. The highest BCUT2D eigenvalue weighted by molar-refractivity contribution is 7.14. The molecule has 1 aliphatic heterocycles. The minimum atomic E-state index is -1.49. The van der Waals surface area contributed by atoms with E-state index in [0.29, 0.717) is 26.1 Å². The number of carbonyl (C=O) groups excluding carboxylic acids is 6. The van der Waals surface area contributed by atoms with Crippen LogP contribution in [0.15, 0.2) is 30.3 Å². The van der Waals surface area contributed by atoms with E-state index in [4.69, 9.17) is 0 Å². The Labute approximate surface area is 348 Å². The normalized spacial score (nSPS) is 27.5. The third kappa shape index (κ3) is 17.3. The van der Waals surface area contributed by atoms with Gasteiger partial charge >= 0.3 is 0 Å². The smallest absolute Gasteiger partial charge is 0.245 e. The van der Waals surface area contributed by atoms with Crippen molar-refractivity contribution in [3.8, 4) is 0 Å². The van der Waals surface area contributed by atoms with E-state index >= 15 is 0 Å². The van der Waals surface area contributed by atoms with E-state index in [-0.39, 0.29) is 38.6 Å². The highest BCUT2D eigenvalue weighted by atomic mass is 31.0. The Kier molecular flexibility index (Phi) is 24.5. The Hall–Kier alpha value is -2.95. The molecule has 22 heteroatoms. The van der Waals surface area contributed by atoms with Crippen LogP contribution in [0.3, 0.4) is 0 Å². The van der Waals surface area contributed by atoms with Gasteiger partial charge in [0.15, 0.2) is 0 Å². The fourth-order valence-corrected chi connectivity index (χ4v) is 6.73. The van der Waals surface area contributed by atoms with E-state index < -0.39 is 96.0 Å². The SMILES string of the molecule is CCC(C)C1NC(=O)C(Cc2ccccc2)NC(=O)C(CCNP)NC(=O)C(NC)CCNC(=O)C(C(C)O)NC(=O)C(CCNP)NC(O)C(CCNP)NC1=O. The first-order valence-corrected chi connectivity index (χ1v) is 21.4. The molecule has 2 rings (SSSR count).